The number of aromatic nitrogens is 2. The van der Waals surface area contributed by atoms with Crippen molar-refractivity contribution in [3.8, 4) is 0 Å². The topological polar surface area (TPSA) is 69.9 Å². The molecule has 1 aliphatic heterocycles. The average Bonchev–Trinajstić information content (AvgIpc) is 2.80. The first-order valence-electron chi connectivity index (χ1n) is 6.44. The lowest BCUT2D eigenvalue weighted by Crippen LogP contribution is -2.54. The molecule has 6 nitrogen and oxygen atoms in total. The maximum atomic E-state index is 11.2. The molecule has 2 aromatic heterocycles. The van der Waals surface area contributed by atoms with Crippen molar-refractivity contribution in [2.45, 2.75) is 12.6 Å². The van der Waals surface area contributed by atoms with E-state index < -0.39 is 12.0 Å². The summed E-state index contributed by atoms with van der Waals surface area (Å²) < 4.78 is 1.86. The average molecular weight is 295 g/mol. The normalized spacial score (nSPS) is 20.4. The van der Waals surface area contributed by atoms with Crippen LogP contribution in [0.15, 0.2) is 24.5 Å². The van der Waals surface area contributed by atoms with Gasteiger partial charge >= 0.3 is 5.97 Å². The first-order chi connectivity index (χ1) is 9.63. The first kappa shape index (κ1) is 13.4. The van der Waals surface area contributed by atoms with Crippen molar-refractivity contribution in [2.24, 2.45) is 0 Å². The number of hydrogen-bond acceptors (Lipinski definition) is 4. The van der Waals surface area contributed by atoms with Gasteiger partial charge in [-0.2, -0.15) is 0 Å². The van der Waals surface area contributed by atoms with Crippen LogP contribution in [-0.4, -0.2) is 51.0 Å². The number of carboxylic acid groups (broad SMARTS) is 1. The lowest BCUT2D eigenvalue weighted by Gasteiger charge is -2.32. The van der Waals surface area contributed by atoms with E-state index in [1.165, 1.54) is 0 Å². The molecule has 0 spiro atoms. The highest BCUT2D eigenvalue weighted by Crippen LogP contribution is 2.14. The molecule has 0 radical (unpaired) electrons. The fraction of sp³-hybridized carbons (Fsp3) is 0.385. The van der Waals surface area contributed by atoms with Gasteiger partial charge in [0.25, 0.3) is 0 Å². The second-order valence-electron chi connectivity index (χ2n) is 4.87. The van der Waals surface area contributed by atoms with Gasteiger partial charge in [-0.25, -0.2) is 4.98 Å². The summed E-state index contributed by atoms with van der Waals surface area (Å²) in [4.78, 5) is 17.7. The quantitative estimate of drug-likeness (QED) is 0.878. The number of pyridine rings is 1. The third-order valence-electron chi connectivity index (χ3n) is 3.47. The van der Waals surface area contributed by atoms with Gasteiger partial charge in [-0.05, 0) is 12.1 Å². The maximum absolute atomic E-state index is 11.2. The zero-order valence-electron chi connectivity index (χ0n) is 10.8. The highest BCUT2D eigenvalue weighted by atomic mass is 35.5. The summed E-state index contributed by atoms with van der Waals surface area (Å²) in [5.41, 5.74) is 1.66. The van der Waals surface area contributed by atoms with E-state index in [4.69, 9.17) is 11.6 Å². The number of halogens is 1. The van der Waals surface area contributed by atoms with Crippen LogP contribution in [0.2, 0.25) is 5.02 Å². The fourth-order valence-corrected chi connectivity index (χ4v) is 2.65. The van der Waals surface area contributed by atoms with Crippen LogP contribution in [0.3, 0.4) is 0 Å². The summed E-state index contributed by atoms with van der Waals surface area (Å²) in [5.74, 6) is -0.802. The second-order valence-corrected chi connectivity index (χ2v) is 5.31. The third-order valence-corrected chi connectivity index (χ3v) is 3.69. The van der Waals surface area contributed by atoms with Gasteiger partial charge in [-0.15, -0.1) is 0 Å². The molecule has 7 heteroatoms. The Balaban J connectivity index is 1.82. The molecule has 1 aliphatic rings. The van der Waals surface area contributed by atoms with Gasteiger partial charge in [0.05, 0.1) is 10.7 Å². The number of hydrogen-bond donors (Lipinski definition) is 2. The molecule has 2 N–H and O–H groups in total. The standard InChI is InChI=1S/C13H15ClN4O2/c14-9-1-2-12-16-10(8-18(12)6-9)7-17-4-3-15-5-11(17)13(19)20/h1-2,6,8,11,15H,3-5,7H2,(H,19,20). The number of fused-ring (bicyclic) bond motifs is 1. The van der Waals surface area contributed by atoms with E-state index in [0.29, 0.717) is 24.7 Å². The Morgan fingerprint density at radius 1 is 1.50 bits per heavy atom. The van der Waals surface area contributed by atoms with Crippen LogP contribution in [-0.2, 0) is 11.3 Å². The van der Waals surface area contributed by atoms with Crippen LogP contribution in [0, 0.1) is 0 Å². The summed E-state index contributed by atoms with van der Waals surface area (Å²) in [6.07, 6.45) is 3.68. The van der Waals surface area contributed by atoms with E-state index in [-0.39, 0.29) is 0 Å². The Kier molecular flexibility index (Phi) is 3.60. The SMILES string of the molecule is O=C(O)C1CNCCN1Cc1cn2cc(Cl)ccc2n1. The van der Waals surface area contributed by atoms with Crippen LogP contribution in [0.5, 0.6) is 0 Å². The summed E-state index contributed by atoms with van der Waals surface area (Å²) >= 11 is 5.94. The van der Waals surface area contributed by atoms with Crippen molar-refractivity contribution in [1.29, 1.82) is 0 Å². The molecule has 1 saturated heterocycles. The van der Waals surface area contributed by atoms with Crippen molar-refractivity contribution in [1.82, 2.24) is 19.6 Å². The Morgan fingerprint density at radius 2 is 2.35 bits per heavy atom. The number of nitrogens with one attached hydrogen (secondary N) is 1. The predicted octanol–water partition coefficient (Wildman–Crippen LogP) is 0.846. The first-order valence-corrected chi connectivity index (χ1v) is 6.82. The van der Waals surface area contributed by atoms with Gasteiger partial charge < -0.3 is 14.8 Å². The van der Waals surface area contributed by atoms with Gasteiger partial charge in [0.2, 0.25) is 0 Å². The zero-order chi connectivity index (χ0) is 14.1. The number of carbonyl (C=O) groups is 1. The van der Waals surface area contributed by atoms with Crippen LogP contribution < -0.4 is 5.32 Å². The molecule has 3 rings (SSSR count). The van der Waals surface area contributed by atoms with Crippen LogP contribution >= 0.6 is 11.6 Å². The molecule has 0 bridgehead atoms. The largest absolute Gasteiger partial charge is 0.480 e. The molecule has 0 aromatic carbocycles. The molecule has 1 fully saturated rings. The lowest BCUT2D eigenvalue weighted by molar-refractivity contribution is -0.144. The van der Waals surface area contributed by atoms with Gasteiger partial charge in [0, 0.05) is 38.6 Å². The van der Waals surface area contributed by atoms with Crippen LogP contribution in [0.4, 0.5) is 0 Å². The molecule has 20 heavy (non-hydrogen) atoms. The molecule has 0 aliphatic carbocycles. The van der Waals surface area contributed by atoms with E-state index >= 15 is 0 Å². The Morgan fingerprint density at radius 3 is 3.15 bits per heavy atom. The molecule has 106 valence electrons. The van der Waals surface area contributed by atoms with E-state index in [1.807, 2.05) is 21.6 Å². The minimum atomic E-state index is -0.802. The Labute approximate surface area is 121 Å². The molecule has 1 unspecified atom stereocenters. The van der Waals surface area contributed by atoms with Crippen LogP contribution in [0.25, 0.3) is 5.65 Å². The second kappa shape index (κ2) is 5.40. The van der Waals surface area contributed by atoms with Gasteiger partial charge in [-0.1, -0.05) is 11.6 Å². The molecule has 1 atom stereocenters. The van der Waals surface area contributed by atoms with Crippen molar-refractivity contribution < 1.29 is 9.90 Å². The number of rotatable bonds is 3. The van der Waals surface area contributed by atoms with Crippen molar-refractivity contribution in [3.05, 3.63) is 35.2 Å². The van der Waals surface area contributed by atoms with Gasteiger partial charge in [-0.3, -0.25) is 9.69 Å². The molecule has 0 saturated carbocycles. The van der Waals surface area contributed by atoms with Gasteiger partial charge in [0.15, 0.2) is 0 Å². The smallest absolute Gasteiger partial charge is 0.322 e. The van der Waals surface area contributed by atoms with Gasteiger partial charge in [0.1, 0.15) is 11.7 Å². The maximum Gasteiger partial charge on any atom is 0.322 e. The fourth-order valence-electron chi connectivity index (χ4n) is 2.48. The number of carboxylic acids is 1. The summed E-state index contributed by atoms with van der Waals surface area (Å²) in [7, 11) is 0. The van der Waals surface area contributed by atoms with Crippen molar-refractivity contribution in [3.63, 3.8) is 0 Å². The van der Waals surface area contributed by atoms with E-state index in [1.54, 1.807) is 12.3 Å². The summed E-state index contributed by atoms with van der Waals surface area (Å²) in [6.45, 7) is 2.49. The van der Waals surface area contributed by atoms with E-state index in [0.717, 1.165) is 17.9 Å². The molecule has 2 aromatic rings. The number of aliphatic carboxylic acids is 1. The molecular weight excluding hydrogens is 280 g/mol. The number of piperazine rings is 1. The minimum Gasteiger partial charge on any atom is -0.480 e. The number of imidazole rings is 1. The number of nitrogens with zero attached hydrogens (tertiary/aromatic N) is 3. The highest BCUT2D eigenvalue weighted by molar-refractivity contribution is 6.30. The monoisotopic (exact) mass is 294 g/mol. The Bertz CT molecular complexity index is 642. The Hall–Kier alpha value is -1.63. The molecule has 0 amide bonds. The molecule has 3 heterocycles. The zero-order valence-corrected chi connectivity index (χ0v) is 11.5. The predicted molar refractivity (Wildman–Crippen MR) is 74.9 cm³/mol. The molecular formula is C13H15ClN4O2. The third kappa shape index (κ3) is 2.63. The van der Waals surface area contributed by atoms with E-state index in [9.17, 15) is 9.90 Å². The van der Waals surface area contributed by atoms with Crippen LogP contribution in [0.1, 0.15) is 5.69 Å². The summed E-state index contributed by atoms with van der Waals surface area (Å²) in [5, 5.41) is 13.0. The van der Waals surface area contributed by atoms with E-state index in [2.05, 4.69) is 10.3 Å². The lowest BCUT2D eigenvalue weighted by atomic mass is 10.2. The minimum absolute atomic E-state index is 0.467. The summed E-state index contributed by atoms with van der Waals surface area (Å²) in [6, 6.07) is 3.13. The van der Waals surface area contributed by atoms with Crippen molar-refractivity contribution in [2.75, 3.05) is 19.6 Å². The highest BCUT2D eigenvalue weighted by Gasteiger charge is 2.28. The van der Waals surface area contributed by atoms with Crippen molar-refractivity contribution >= 4 is 23.2 Å².